The first-order chi connectivity index (χ1) is 13.3. The third-order valence-electron chi connectivity index (χ3n) is 3.54. The van der Waals surface area contributed by atoms with E-state index in [2.05, 4.69) is 68.1 Å². The van der Waals surface area contributed by atoms with E-state index in [1.165, 1.54) is 16.7 Å². The summed E-state index contributed by atoms with van der Waals surface area (Å²) in [6.45, 7) is 7.79. The quantitative estimate of drug-likeness (QED) is 0.443. The molecule has 0 radical (unpaired) electrons. The number of hydrogen-bond donors (Lipinski definition) is 0. The maximum absolute atomic E-state index is 3.63. The Morgan fingerprint density at radius 1 is 0.630 bits per heavy atom. The van der Waals surface area contributed by atoms with Gasteiger partial charge < -0.3 is 0 Å². The molecule has 3 aromatic carbocycles. The summed E-state index contributed by atoms with van der Waals surface area (Å²) in [7, 11) is 0. The van der Waals surface area contributed by atoms with Gasteiger partial charge in [-0.15, -0.1) is 0 Å². The van der Waals surface area contributed by atoms with E-state index in [-0.39, 0.29) is 0 Å². The van der Waals surface area contributed by atoms with Crippen LogP contribution in [0.1, 0.15) is 37.0 Å². The second kappa shape index (κ2) is 15.2. The van der Waals surface area contributed by atoms with Crippen LogP contribution >= 0.6 is 0 Å². The van der Waals surface area contributed by atoms with Crippen molar-refractivity contribution in [2.75, 3.05) is 0 Å². The molecule has 0 aliphatic carbocycles. The van der Waals surface area contributed by atoms with Gasteiger partial charge in [0.2, 0.25) is 0 Å². The molecule has 0 fully saturated rings. The largest absolute Gasteiger partial charge is 0.0985 e. The van der Waals surface area contributed by atoms with Gasteiger partial charge in [0.1, 0.15) is 0 Å². The molecule has 0 amide bonds. The average Bonchev–Trinajstić information content (AvgIpc) is 2.75. The maximum atomic E-state index is 3.63. The molecule has 138 valence electrons. The van der Waals surface area contributed by atoms with Crippen LogP contribution in [0.15, 0.2) is 110 Å². The first-order valence-corrected chi connectivity index (χ1v) is 9.37. The lowest BCUT2D eigenvalue weighted by Crippen LogP contribution is -1.66. The maximum Gasteiger partial charge on any atom is -0.0260 e. The van der Waals surface area contributed by atoms with Gasteiger partial charge in [-0.3, -0.25) is 0 Å². The highest BCUT2D eigenvalue weighted by atomic mass is 13.9. The van der Waals surface area contributed by atoms with Gasteiger partial charge in [-0.05, 0) is 30.0 Å². The van der Waals surface area contributed by atoms with Crippen LogP contribution in [0, 0.1) is 0 Å². The topological polar surface area (TPSA) is 0 Å². The molecule has 0 aromatic heterocycles. The van der Waals surface area contributed by atoms with Gasteiger partial charge in [0.25, 0.3) is 0 Å². The molecular formula is C27H30. The molecule has 0 unspecified atom stereocenters. The molecule has 0 heteroatoms. The summed E-state index contributed by atoms with van der Waals surface area (Å²) in [4.78, 5) is 0. The lowest BCUT2D eigenvalue weighted by Gasteiger charge is -1.88. The third-order valence-corrected chi connectivity index (χ3v) is 3.54. The van der Waals surface area contributed by atoms with Gasteiger partial charge in [0.15, 0.2) is 0 Å². The third kappa shape index (κ3) is 11.2. The Bertz CT molecular complexity index is 766. The Kier molecular flexibility index (Phi) is 12.3. The van der Waals surface area contributed by atoms with Gasteiger partial charge in [0, 0.05) is 0 Å². The summed E-state index contributed by atoms with van der Waals surface area (Å²) in [5.74, 6) is 0. The summed E-state index contributed by atoms with van der Waals surface area (Å²) < 4.78 is 0. The fraction of sp³-hybridized carbons (Fsp3) is 0.111. The Labute approximate surface area is 165 Å². The minimum absolute atomic E-state index is 1.11. The molecule has 0 atom stereocenters. The number of hydrogen-bond acceptors (Lipinski definition) is 0. The van der Waals surface area contributed by atoms with Crippen molar-refractivity contribution in [1.82, 2.24) is 0 Å². The average molecular weight is 355 g/mol. The van der Waals surface area contributed by atoms with Gasteiger partial charge in [-0.2, -0.15) is 0 Å². The number of benzene rings is 3. The fourth-order valence-corrected chi connectivity index (χ4v) is 2.16. The SMILES string of the molecule is C=Cc1ccccc1.CC=Cc1ccccc1.CCC=Cc1ccccc1. The summed E-state index contributed by atoms with van der Waals surface area (Å²) in [5, 5.41) is 0. The Hall–Kier alpha value is -3.12. The zero-order chi connectivity index (χ0) is 19.6. The molecule has 0 aliphatic rings. The molecule has 0 heterocycles. The lowest BCUT2D eigenvalue weighted by molar-refractivity contribution is 1.23. The van der Waals surface area contributed by atoms with Crippen LogP contribution in [0.2, 0.25) is 0 Å². The normalized spacial score (nSPS) is 9.85. The Morgan fingerprint density at radius 2 is 1.04 bits per heavy atom. The monoisotopic (exact) mass is 354 g/mol. The number of rotatable bonds is 4. The van der Waals surface area contributed by atoms with Crippen LogP contribution in [0.3, 0.4) is 0 Å². The van der Waals surface area contributed by atoms with E-state index in [0.29, 0.717) is 0 Å². The van der Waals surface area contributed by atoms with E-state index in [1.54, 1.807) is 0 Å². The van der Waals surface area contributed by atoms with Crippen LogP contribution in [-0.4, -0.2) is 0 Å². The molecule has 0 aliphatic heterocycles. The Balaban J connectivity index is 0.000000204. The minimum atomic E-state index is 1.11. The second-order valence-corrected chi connectivity index (χ2v) is 5.75. The molecule has 3 aromatic rings. The van der Waals surface area contributed by atoms with Crippen molar-refractivity contribution < 1.29 is 0 Å². The van der Waals surface area contributed by atoms with Crippen LogP contribution < -0.4 is 0 Å². The van der Waals surface area contributed by atoms with Crippen molar-refractivity contribution in [2.24, 2.45) is 0 Å². The highest BCUT2D eigenvalue weighted by Gasteiger charge is 1.79. The van der Waals surface area contributed by atoms with E-state index in [0.717, 1.165) is 6.42 Å². The first-order valence-electron chi connectivity index (χ1n) is 9.37. The van der Waals surface area contributed by atoms with Crippen LogP contribution in [0.4, 0.5) is 0 Å². The van der Waals surface area contributed by atoms with Gasteiger partial charge >= 0.3 is 0 Å². The summed E-state index contributed by atoms with van der Waals surface area (Å²) in [5.41, 5.74) is 3.72. The highest BCUT2D eigenvalue weighted by Crippen LogP contribution is 2.01. The van der Waals surface area contributed by atoms with Gasteiger partial charge in [-0.25, -0.2) is 0 Å². The minimum Gasteiger partial charge on any atom is -0.0985 e. The molecule has 0 bridgehead atoms. The van der Waals surface area contributed by atoms with Crippen molar-refractivity contribution in [3.8, 4) is 0 Å². The standard InChI is InChI=1S/C10H12.C9H10.C8H8/c1-2-3-7-10-8-5-4-6-9-10;1-2-6-9-7-4-3-5-8-9;1-2-8-6-4-3-5-7-8/h3-9H,2H2,1H3;2-8H,1H3;2-7H,1H2. The summed E-state index contributed by atoms with van der Waals surface area (Å²) in [6.07, 6.45) is 11.4. The van der Waals surface area contributed by atoms with E-state index < -0.39 is 0 Å². The molecule has 0 spiro atoms. The van der Waals surface area contributed by atoms with Gasteiger partial charge in [0.05, 0.1) is 0 Å². The zero-order valence-corrected chi connectivity index (χ0v) is 16.5. The molecule has 0 N–H and O–H groups in total. The van der Waals surface area contributed by atoms with E-state index in [9.17, 15) is 0 Å². The summed E-state index contributed by atoms with van der Waals surface area (Å²) >= 11 is 0. The van der Waals surface area contributed by atoms with E-state index in [4.69, 9.17) is 0 Å². The predicted octanol–water partition coefficient (Wildman–Crippen LogP) is 8.16. The molecule has 0 nitrogen and oxygen atoms in total. The van der Waals surface area contributed by atoms with Crippen molar-refractivity contribution in [1.29, 1.82) is 0 Å². The van der Waals surface area contributed by atoms with Crippen molar-refractivity contribution in [2.45, 2.75) is 20.3 Å². The summed E-state index contributed by atoms with van der Waals surface area (Å²) in [6, 6.07) is 30.6. The molecule has 0 saturated carbocycles. The van der Waals surface area contributed by atoms with E-state index in [1.807, 2.05) is 73.7 Å². The first kappa shape index (κ1) is 21.9. The van der Waals surface area contributed by atoms with Crippen molar-refractivity contribution >= 4 is 18.2 Å². The smallest absolute Gasteiger partial charge is 0.0260 e. The molecule has 0 saturated heterocycles. The fourth-order valence-electron chi connectivity index (χ4n) is 2.16. The Morgan fingerprint density at radius 3 is 1.37 bits per heavy atom. The van der Waals surface area contributed by atoms with Crippen molar-refractivity contribution in [3.63, 3.8) is 0 Å². The van der Waals surface area contributed by atoms with Gasteiger partial charge in [-0.1, -0.05) is 135 Å². The van der Waals surface area contributed by atoms with Crippen LogP contribution in [0.25, 0.3) is 18.2 Å². The second-order valence-electron chi connectivity index (χ2n) is 5.75. The highest BCUT2D eigenvalue weighted by molar-refractivity contribution is 5.49. The molecule has 27 heavy (non-hydrogen) atoms. The zero-order valence-electron chi connectivity index (χ0n) is 16.5. The van der Waals surface area contributed by atoms with Crippen LogP contribution in [-0.2, 0) is 0 Å². The number of allylic oxidation sites excluding steroid dienone is 2. The predicted molar refractivity (Wildman–Crippen MR) is 123 cm³/mol. The molecule has 3 rings (SSSR count). The lowest BCUT2D eigenvalue weighted by atomic mass is 10.2. The van der Waals surface area contributed by atoms with E-state index >= 15 is 0 Å². The van der Waals surface area contributed by atoms with Crippen molar-refractivity contribution in [3.05, 3.63) is 126 Å². The molecular weight excluding hydrogens is 324 g/mol. The van der Waals surface area contributed by atoms with Crippen LogP contribution in [0.5, 0.6) is 0 Å².